The summed E-state index contributed by atoms with van der Waals surface area (Å²) in [5.74, 6) is 1.45. The number of allylic oxidation sites excluding steroid dienone is 1. The summed E-state index contributed by atoms with van der Waals surface area (Å²) in [7, 11) is 1.75. The molecule has 0 aliphatic heterocycles. The van der Waals surface area contributed by atoms with E-state index in [1.54, 1.807) is 7.11 Å². The first-order chi connectivity index (χ1) is 9.31. The van der Waals surface area contributed by atoms with Crippen LogP contribution in [-0.4, -0.2) is 19.7 Å². The molecule has 2 rings (SSSR count). The largest absolute Gasteiger partial charge is 0.496 e. The van der Waals surface area contributed by atoms with E-state index in [0.29, 0.717) is 12.0 Å². The van der Waals surface area contributed by atoms with Crippen LogP contribution < -0.4 is 10.1 Å². The van der Waals surface area contributed by atoms with E-state index in [1.807, 2.05) is 12.2 Å². The van der Waals surface area contributed by atoms with Crippen molar-refractivity contribution in [2.75, 3.05) is 13.7 Å². The van der Waals surface area contributed by atoms with Gasteiger partial charge in [0.1, 0.15) is 5.75 Å². The van der Waals surface area contributed by atoms with Crippen molar-refractivity contribution in [3.63, 3.8) is 0 Å². The van der Waals surface area contributed by atoms with Crippen LogP contribution in [0, 0.1) is 0 Å². The molecule has 0 unspecified atom stereocenters. The van der Waals surface area contributed by atoms with Gasteiger partial charge < -0.3 is 10.1 Å². The zero-order chi connectivity index (χ0) is 13.7. The van der Waals surface area contributed by atoms with Crippen LogP contribution in [0.4, 0.5) is 0 Å². The molecular formula is C17H24ClNO. The number of nitrogens with one attached hydrogen (secondary N) is 1. The molecule has 0 saturated heterocycles. The average molecular weight is 294 g/mol. The number of hydrogen-bond acceptors (Lipinski definition) is 2. The van der Waals surface area contributed by atoms with Crippen molar-refractivity contribution in [3.8, 4) is 5.75 Å². The summed E-state index contributed by atoms with van der Waals surface area (Å²) in [6.45, 7) is 8.55. The third-order valence-corrected chi connectivity index (χ3v) is 3.90. The van der Waals surface area contributed by atoms with Crippen molar-refractivity contribution in [1.82, 2.24) is 5.32 Å². The number of rotatable bonds is 6. The molecule has 0 radical (unpaired) electrons. The van der Waals surface area contributed by atoms with Gasteiger partial charge in [-0.15, -0.1) is 25.6 Å². The van der Waals surface area contributed by atoms with Gasteiger partial charge in [-0.25, -0.2) is 0 Å². The Bertz CT molecular complexity index is 444. The van der Waals surface area contributed by atoms with Gasteiger partial charge in [0.05, 0.1) is 7.11 Å². The van der Waals surface area contributed by atoms with Crippen molar-refractivity contribution < 1.29 is 4.74 Å². The topological polar surface area (TPSA) is 21.3 Å². The second kappa shape index (κ2) is 8.13. The minimum Gasteiger partial charge on any atom is -0.496 e. The van der Waals surface area contributed by atoms with Crippen molar-refractivity contribution >= 4 is 12.4 Å². The van der Waals surface area contributed by atoms with Crippen LogP contribution in [0.3, 0.4) is 0 Å². The molecule has 1 aromatic carbocycles. The normalized spacial score (nSPS) is 20.4. The summed E-state index contributed by atoms with van der Waals surface area (Å²) in [5.41, 5.74) is 2.78. The lowest BCUT2D eigenvalue weighted by atomic mass is 9.77. The van der Waals surface area contributed by atoms with Gasteiger partial charge in [0.15, 0.2) is 0 Å². The lowest BCUT2D eigenvalue weighted by molar-refractivity contribution is 0.366. The van der Waals surface area contributed by atoms with Crippen molar-refractivity contribution in [2.24, 2.45) is 0 Å². The van der Waals surface area contributed by atoms with E-state index in [4.69, 9.17) is 4.74 Å². The summed E-state index contributed by atoms with van der Waals surface area (Å²) in [6.07, 6.45) is 7.17. The van der Waals surface area contributed by atoms with E-state index in [1.165, 1.54) is 11.1 Å². The molecule has 20 heavy (non-hydrogen) atoms. The Kier molecular flexibility index (Phi) is 6.83. The Morgan fingerprint density at radius 3 is 2.80 bits per heavy atom. The molecule has 0 spiro atoms. The van der Waals surface area contributed by atoms with E-state index in [0.717, 1.165) is 31.6 Å². The number of halogens is 1. The Balaban J connectivity index is 0.00000200. The highest BCUT2D eigenvalue weighted by molar-refractivity contribution is 5.85. The molecule has 0 amide bonds. The standard InChI is InChI=1S/C17H23NO.ClH/c1-4-7-14-15(18-12-5-2)11-10-13-8-6-9-16(19-3)17(13)14;/h4-6,8-9,14-15,18H,1-2,7,10-12H2,3H3;1H/t14-,15+;/m0./s1. The van der Waals surface area contributed by atoms with E-state index in [-0.39, 0.29) is 12.4 Å². The van der Waals surface area contributed by atoms with E-state index in [2.05, 4.69) is 36.7 Å². The number of fused-ring (bicyclic) bond motifs is 1. The summed E-state index contributed by atoms with van der Waals surface area (Å²) in [6, 6.07) is 6.84. The third kappa shape index (κ3) is 3.44. The minimum atomic E-state index is 0. The average Bonchev–Trinajstić information content (AvgIpc) is 2.45. The molecule has 0 bridgehead atoms. The van der Waals surface area contributed by atoms with Crippen LogP contribution >= 0.6 is 12.4 Å². The number of benzene rings is 1. The first-order valence-electron chi connectivity index (χ1n) is 6.92. The van der Waals surface area contributed by atoms with Gasteiger partial charge >= 0.3 is 0 Å². The lowest BCUT2D eigenvalue weighted by Gasteiger charge is -2.34. The highest BCUT2D eigenvalue weighted by Crippen LogP contribution is 2.40. The van der Waals surface area contributed by atoms with Gasteiger partial charge in [-0.3, -0.25) is 0 Å². The van der Waals surface area contributed by atoms with Crippen molar-refractivity contribution in [2.45, 2.75) is 31.2 Å². The maximum absolute atomic E-state index is 5.56. The molecule has 1 aliphatic carbocycles. The van der Waals surface area contributed by atoms with Crippen LogP contribution in [0.1, 0.15) is 29.9 Å². The minimum absolute atomic E-state index is 0. The summed E-state index contributed by atoms with van der Waals surface area (Å²) in [4.78, 5) is 0. The summed E-state index contributed by atoms with van der Waals surface area (Å²) in [5, 5.41) is 3.58. The summed E-state index contributed by atoms with van der Waals surface area (Å²) >= 11 is 0. The number of methoxy groups -OCH3 is 1. The lowest BCUT2D eigenvalue weighted by Crippen LogP contribution is -2.38. The fraction of sp³-hybridized carbons (Fsp3) is 0.412. The zero-order valence-corrected chi connectivity index (χ0v) is 12.9. The fourth-order valence-electron chi connectivity index (χ4n) is 3.06. The Hall–Kier alpha value is -1.25. The summed E-state index contributed by atoms with van der Waals surface area (Å²) < 4.78 is 5.56. The van der Waals surface area contributed by atoms with Crippen molar-refractivity contribution in [1.29, 1.82) is 0 Å². The highest BCUT2D eigenvalue weighted by Gasteiger charge is 2.30. The molecule has 1 aromatic rings. The smallest absolute Gasteiger partial charge is 0.122 e. The maximum atomic E-state index is 5.56. The van der Waals surface area contributed by atoms with Gasteiger partial charge in [-0.2, -0.15) is 0 Å². The molecule has 1 aliphatic rings. The van der Waals surface area contributed by atoms with E-state index in [9.17, 15) is 0 Å². The van der Waals surface area contributed by atoms with Gasteiger partial charge in [0, 0.05) is 24.1 Å². The molecule has 2 nitrogen and oxygen atoms in total. The monoisotopic (exact) mass is 293 g/mol. The van der Waals surface area contributed by atoms with Crippen LogP contribution in [0.2, 0.25) is 0 Å². The van der Waals surface area contributed by atoms with Gasteiger partial charge in [0.2, 0.25) is 0 Å². The molecular weight excluding hydrogens is 270 g/mol. The number of aryl methyl sites for hydroxylation is 1. The first-order valence-corrected chi connectivity index (χ1v) is 6.92. The predicted octanol–water partition coefficient (Wildman–Crippen LogP) is 3.87. The molecule has 0 heterocycles. The molecule has 0 aromatic heterocycles. The molecule has 0 saturated carbocycles. The number of ether oxygens (including phenoxy) is 1. The second-order valence-electron chi connectivity index (χ2n) is 5.01. The van der Waals surface area contributed by atoms with E-state index < -0.39 is 0 Å². The fourth-order valence-corrected chi connectivity index (χ4v) is 3.06. The van der Waals surface area contributed by atoms with Crippen LogP contribution in [0.15, 0.2) is 43.5 Å². The highest BCUT2D eigenvalue weighted by atomic mass is 35.5. The molecule has 2 atom stereocenters. The SMILES string of the molecule is C=CCN[C@@H]1CCc2cccc(OC)c2[C@H]1CC=C.Cl. The zero-order valence-electron chi connectivity index (χ0n) is 12.1. The van der Waals surface area contributed by atoms with Crippen molar-refractivity contribution in [3.05, 3.63) is 54.6 Å². The maximum Gasteiger partial charge on any atom is 0.122 e. The van der Waals surface area contributed by atoms with Crippen LogP contribution in [0.25, 0.3) is 0 Å². The Labute approximate surface area is 128 Å². The van der Waals surface area contributed by atoms with Gasteiger partial charge in [-0.1, -0.05) is 24.3 Å². The van der Waals surface area contributed by atoms with E-state index >= 15 is 0 Å². The third-order valence-electron chi connectivity index (χ3n) is 3.90. The second-order valence-corrected chi connectivity index (χ2v) is 5.01. The number of hydrogen-bond donors (Lipinski definition) is 1. The van der Waals surface area contributed by atoms with Gasteiger partial charge in [-0.05, 0) is 30.9 Å². The molecule has 0 fully saturated rings. The van der Waals surface area contributed by atoms with Crippen LogP contribution in [0.5, 0.6) is 5.75 Å². The molecule has 3 heteroatoms. The first kappa shape index (κ1) is 16.8. The van der Waals surface area contributed by atoms with Crippen LogP contribution in [-0.2, 0) is 6.42 Å². The molecule has 1 N–H and O–H groups in total. The molecule has 110 valence electrons. The van der Waals surface area contributed by atoms with Gasteiger partial charge in [0.25, 0.3) is 0 Å². The quantitative estimate of drug-likeness (QED) is 0.804. The predicted molar refractivity (Wildman–Crippen MR) is 88.1 cm³/mol. The Morgan fingerprint density at radius 1 is 1.35 bits per heavy atom. The Morgan fingerprint density at radius 2 is 2.15 bits per heavy atom.